The minimum atomic E-state index is 0.323. The van der Waals surface area contributed by atoms with E-state index in [9.17, 15) is 4.79 Å². The molecule has 0 spiro atoms. The molecule has 5 rings (SSSR count). The van der Waals surface area contributed by atoms with Crippen LogP contribution >= 0.6 is 34.4 Å². The Morgan fingerprint density at radius 1 is 1.27 bits per heavy atom. The fourth-order valence-electron chi connectivity index (χ4n) is 3.69. The van der Waals surface area contributed by atoms with Crippen LogP contribution in [-0.4, -0.2) is 49.8 Å². The molecule has 10 heteroatoms. The average Bonchev–Trinajstić information content (AvgIpc) is 3.43. The van der Waals surface area contributed by atoms with E-state index in [2.05, 4.69) is 48.1 Å². The molecular weight excluding hydrogens is 515 g/mol. The number of anilines is 1. The molecule has 154 valence electrons. The van der Waals surface area contributed by atoms with Gasteiger partial charge in [0.15, 0.2) is 22.1 Å². The summed E-state index contributed by atoms with van der Waals surface area (Å²) in [7, 11) is 0. The Balaban J connectivity index is 1.45. The lowest BCUT2D eigenvalue weighted by Crippen LogP contribution is -2.23. The molecule has 0 atom stereocenters. The van der Waals surface area contributed by atoms with E-state index in [1.807, 2.05) is 12.1 Å². The number of carbonyl (C=O) groups is 1. The number of ketones is 1. The summed E-state index contributed by atoms with van der Waals surface area (Å²) < 4.78 is 8.70. The molecule has 0 radical (unpaired) electrons. The van der Waals surface area contributed by atoms with Crippen LogP contribution < -0.4 is 5.73 Å². The average molecular weight is 534 g/mol. The molecule has 1 saturated heterocycles. The second-order valence-corrected chi connectivity index (χ2v) is 9.41. The molecule has 0 bridgehead atoms. The standard InChI is InChI=1S/C20H19IN6O2S/c21-14-9-15-12(3-7-29-15)8-16(14)30-20-25-17-18(22)23-11-24-19(17)27(20)5-1-4-26-6-2-13(28)10-26/h3,7-9,11H,1-2,4-6,10H2,(H2,22,23,24). The highest BCUT2D eigenvalue weighted by Crippen LogP contribution is 2.36. The molecular formula is C20H19IN6O2S. The largest absolute Gasteiger partial charge is 0.464 e. The first-order valence-corrected chi connectivity index (χ1v) is 11.5. The van der Waals surface area contributed by atoms with Gasteiger partial charge in [0.1, 0.15) is 17.7 Å². The highest BCUT2D eigenvalue weighted by molar-refractivity contribution is 14.1. The van der Waals surface area contributed by atoms with Crippen molar-refractivity contribution < 1.29 is 9.21 Å². The Labute approximate surface area is 190 Å². The van der Waals surface area contributed by atoms with Gasteiger partial charge in [0.2, 0.25) is 0 Å². The third-order valence-corrected chi connectivity index (χ3v) is 7.51. The van der Waals surface area contributed by atoms with Gasteiger partial charge in [0, 0.05) is 39.9 Å². The van der Waals surface area contributed by atoms with Crippen LogP contribution in [0.1, 0.15) is 12.8 Å². The first kappa shape index (κ1) is 19.8. The zero-order valence-electron chi connectivity index (χ0n) is 16.0. The normalized spacial score (nSPS) is 15.0. The minimum absolute atomic E-state index is 0.323. The van der Waals surface area contributed by atoms with Crippen molar-refractivity contribution in [3.8, 4) is 0 Å². The number of halogens is 1. The van der Waals surface area contributed by atoms with Gasteiger partial charge >= 0.3 is 0 Å². The lowest BCUT2D eigenvalue weighted by molar-refractivity contribution is -0.116. The number of carbonyl (C=O) groups excluding carboxylic acids is 1. The SMILES string of the molecule is Nc1ncnc2c1nc(Sc1cc3ccoc3cc1I)n2CCCN1CCC(=O)C1. The lowest BCUT2D eigenvalue weighted by Gasteiger charge is -2.14. The fraction of sp³-hybridized carbons (Fsp3) is 0.300. The van der Waals surface area contributed by atoms with E-state index in [4.69, 9.17) is 15.1 Å². The van der Waals surface area contributed by atoms with E-state index >= 15 is 0 Å². The first-order valence-electron chi connectivity index (χ1n) is 9.64. The van der Waals surface area contributed by atoms with Crippen LogP contribution in [0.15, 0.2) is 45.3 Å². The number of aryl methyl sites for hydroxylation is 1. The molecule has 8 nitrogen and oxygen atoms in total. The van der Waals surface area contributed by atoms with Crippen molar-refractivity contribution in [1.29, 1.82) is 0 Å². The number of furan rings is 1. The summed E-state index contributed by atoms with van der Waals surface area (Å²) in [5.74, 6) is 0.703. The lowest BCUT2D eigenvalue weighted by atomic mass is 10.3. The number of nitrogens with zero attached hydrogens (tertiary/aromatic N) is 5. The summed E-state index contributed by atoms with van der Waals surface area (Å²) in [6.07, 6.45) is 4.73. The van der Waals surface area contributed by atoms with E-state index in [1.165, 1.54) is 6.33 Å². The van der Waals surface area contributed by atoms with Crippen molar-refractivity contribution in [3.05, 3.63) is 34.4 Å². The highest BCUT2D eigenvalue weighted by Gasteiger charge is 2.20. The van der Waals surface area contributed by atoms with Crippen LogP contribution in [0.5, 0.6) is 0 Å². The van der Waals surface area contributed by atoms with Crippen molar-refractivity contribution >= 4 is 68.1 Å². The van der Waals surface area contributed by atoms with Crippen molar-refractivity contribution in [2.24, 2.45) is 0 Å². The van der Waals surface area contributed by atoms with E-state index in [-0.39, 0.29) is 0 Å². The van der Waals surface area contributed by atoms with E-state index in [0.717, 1.165) is 56.3 Å². The molecule has 0 saturated carbocycles. The maximum atomic E-state index is 11.5. The summed E-state index contributed by atoms with van der Waals surface area (Å²) in [5, 5.41) is 1.88. The second-order valence-electron chi connectivity index (χ2n) is 7.24. The third-order valence-electron chi connectivity index (χ3n) is 5.20. The smallest absolute Gasteiger partial charge is 0.175 e. The summed E-state index contributed by atoms with van der Waals surface area (Å²) in [5.41, 5.74) is 8.30. The predicted molar refractivity (Wildman–Crippen MR) is 123 cm³/mol. The molecule has 4 aromatic rings. The number of rotatable bonds is 6. The topological polar surface area (TPSA) is 103 Å². The summed E-state index contributed by atoms with van der Waals surface area (Å²) in [6, 6.07) is 6.10. The van der Waals surface area contributed by atoms with E-state index < -0.39 is 0 Å². The fourth-order valence-corrected chi connectivity index (χ4v) is 5.42. The molecule has 0 unspecified atom stereocenters. The van der Waals surface area contributed by atoms with E-state index in [1.54, 1.807) is 18.0 Å². The molecule has 0 aliphatic carbocycles. The van der Waals surface area contributed by atoms with Crippen LogP contribution in [0.2, 0.25) is 0 Å². The quantitative estimate of drug-likeness (QED) is 0.375. The van der Waals surface area contributed by atoms with Crippen molar-refractivity contribution in [2.45, 2.75) is 29.4 Å². The summed E-state index contributed by atoms with van der Waals surface area (Å²) in [4.78, 5) is 28.1. The van der Waals surface area contributed by atoms with Gasteiger partial charge in [-0.3, -0.25) is 9.69 Å². The number of imidazole rings is 1. The molecule has 2 N–H and O–H groups in total. The second kappa shape index (κ2) is 8.16. The Kier molecular flexibility index (Phi) is 5.37. The van der Waals surface area contributed by atoms with Crippen molar-refractivity contribution in [3.63, 3.8) is 0 Å². The number of hydrogen-bond donors (Lipinski definition) is 1. The first-order chi connectivity index (χ1) is 14.6. The molecule has 1 fully saturated rings. The molecule has 1 aliphatic rings. The number of fused-ring (bicyclic) bond motifs is 2. The number of likely N-dealkylation sites (tertiary alicyclic amines) is 1. The van der Waals surface area contributed by atoms with Gasteiger partial charge in [0.25, 0.3) is 0 Å². The third kappa shape index (κ3) is 3.79. The Morgan fingerprint density at radius 3 is 3.00 bits per heavy atom. The van der Waals surface area contributed by atoms with Gasteiger partial charge in [-0.15, -0.1) is 0 Å². The predicted octanol–water partition coefficient (Wildman–Crippen LogP) is 3.58. The highest BCUT2D eigenvalue weighted by atomic mass is 127. The molecule has 30 heavy (non-hydrogen) atoms. The minimum Gasteiger partial charge on any atom is -0.464 e. The van der Waals surface area contributed by atoms with Gasteiger partial charge in [-0.1, -0.05) is 11.8 Å². The molecule has 4 heterocycles. The zero-order valence-corrected chi connectivity index (χ0v) is 19.0. The van der Waals surface area contributed by atoms with Crippen LogP contribution in [-0.2, 0) is 11.3 Å². The van der Waals surface area contributed by atoms with Crippen molar-refractivity contribution in [2.75, 3.05) is 25.4 Å². The summed E-state index contributed by atoms with van der Waals surface area (Å²) in [6.45, 7) is 3.02. The Bertz CT molecular complexity index is 1250. The number of nitrogen functional groups attached to an aromatic ring is 1. The number of benzene rings is 1. The number of Topliss-reactive ketones (excluding diaryl/α,β-unsaturated/α-hetero) is 1. The van der Waals surface area contributed by atoms with Gasteiger partial charge in [-0.05, 0) is 47.2 Å². The maximum Gasteiger partial charge on any atom is 0.175 e. The monoisotopic (exact) mass is 534 g/mol. The Morgan fingerprint density at radius 2 is 2.17 bits per heavy atom. The molecule has 1 aromatic carbocycles. The Hall–Kier alpha value is -2.18. The number of nitrogens with two attached hydrogens (primary N) is 1. The molecule has 1 aliphatic heterocycles. The van der Waals surface area contributed by atoms with Gasteiger partial charge < -0.3 is 14.7 Å². The zero-order chi connectivity index (χ0) is 20.7. The number of hydrogen-bond acceptors (Lipinski definition) is 8. The summed E-state index contributed by atoms with van der Waals surface area (Å²) >= 11 is 3.90. The van der Waals surface area contributed by atoms with Gasteiger partial charge in [0.05, 0.1) is 12.8 Å². The van der Waals surface area contributed by atoms with Gasteiger partial charge in [-0.25, -0.2) is 15.0 Å². The van der Waals surface area contributed by atoms with Crippen LogP contribution in [0.25, 0.3) is 22.1 Å². The molecule has 0 amide bonds. The van der Waals surface area contributed by atoms with Crippen LogP contribution in [0, 0.1) is 3.57 Å². The van der Waals surface area contributed by atoms with Crippen LogP contribution in [0.4, 0.5) is 5.82 Å². The van der Waals surface area contributed by atoms with Crippen LogP contribution in [0.3, 0.4) is 0 Å². The van der Waals surface area contributed by atoms with Crippen molar-refractivity contribution in [1.82, 2.24) is 24.4 Å². The maximum absolute atomic E-state index is 11.5. The van der Waals surface area contributed by atoms with Gasteiger partial charge in [-0.2, -0.15) is 0 Å². The van der Waals surface area contributed by atoms with E-state index in [0.29, 0.717) is 30.1 Å². The molecule has 3 aromatic heterocycles. The number of aromatic nitrogens is 4.